The molecule has 2 heterocycles. The third-order valence-corrected chi connectivity index (χ3v) is 4.75. The molecule has 0 fully saturated rings. The summed E-state index contributed by atoms with van der Waals surface area (Å²) in [6.45, 7) is 4.08. The van der Waals surface area contributed by atoms with E-state index in [0.717, 1.165) is 33.4 Å². The highest BCUT2D eigenvalue weighted by atomic mass is 16.2. The third-order valence-electron chi connectivity index (χ3n) is 4.75. The van der Waals surface area contributed by atoms with Crippen LogP contribution in [0.2, 0.25) is 0 Å². The van der Waals surface area contributed by atoms with Gasteiger partial charge in [0.15, 0.2) is 0 Å². The van der Waals surface area contributed by atoms with E-state index in [1.165, 1.54) is 5.56 Å². The zero-order valence-corrected chi connectivity index (χ0v) is 15.5. The second kappa shape index (κ2) is 6.68. The summed E-state index contributed by atoms with van der Waals surface area (Å²) >= 11 is 0. The van der Waals surface area contributed by atoms with Gasteiger partial charge in [0.25, 0.3) is 5.91 Å². The molecule has 1 amide bonds. The second-order valence-electron chi connectivity index (χ2n) is 6.67. The summed E-state index contributed by atoms with van der Waals surface area (Å²) in [4.78, 5) is 17.2. The van der Waals surface area contributed by atoms with E-state index in [1.807, 2.05) is 37.3 Å². The lowest BCUT2D eigenvalue weighted by atomic mass is 10.0. The van der Waals surface area contributed by atoms with Crippen molar-refractivity contribution in [2.75, 3.05) is 5.32 Å². The Morgan fingerprint density at radius 2 is 1.81 bits per heavy atom. The Morgan fingerprint density at radius 1 is 1.00 bits per heavy atom. The molecule has 0 unspecified atom stereocenters. The number of fused-ring (bicyclic) bond motifs is 1. The van der Waals surface area contributed by atoms with E-state index in [4.69, 9.17) is 4.98 Å². The Balaban J connectivity index is 1.66. The Hall–Kier alpha value is -3.47. The van der Waals surface area contributed by atoms with Crippen molar-refractivity contribution in [3.8, 4) is 11.3 Å². The van der Waals surface area contributed by atoms with Crippen molar-refractivity contribution in [3.63, 3.8) is 0 Å². The lowest BCUT2D eigenvalue weighted by Gasteiger charge is -2.11. The Morgan fingerprint density at radius 3 is 2.56 bits per heavy atom. The largest absolute Gasteiger partial charge is 0.320 e. The summed E-state index contributed by atoms with van der Waals surface area (Å²) in [5, 5.41) is 8.15. The highest BCUT2D eigenvalue weighted by Gasteiger charge is 2.12. The molecule has 0 atom stereocenters. The van der Waals surface area contributed by atoms with Gasteiger partial charge in [-0.05, 0) is 55.3 Å². The number of para-hydroxylation sites is 1. The Labute approximate surface area is 157 Å². The number of hydrogen-bond donors (Lipinski definition) is 1. The van der Waals surface area contributed by atoms with E-state index in [9.17, 15) is 4.79 Å². The molecule has 27 heavy (non-hydrogen) atoms. The molecule has 0 spiro atoms. The van der Waals surface area contributed by atoms with E-state index in [-0.39, 0.29) is 5.91 Å². The van der Waals surface area contributed by atoms with Crippen LogP contribution in [0.4, 0.5) is 5.69 Å². The van der Waals surface area contributed by atoms with Crippen molar-refractivity contribution in [1.82, 2.24) is 14.8 Å². The van der Waals surface area contributed by atoms with Gasteiger partial charge in [-0.2, -0.15) is 5.10 Å². The molecule has 0 aliphatic heterocycles. The van der Waals surface area contributed by atoms with Gasteiger partial charge in [-0.1, -0.05) is 24.3 Å². The fraction of sp³-hybridized carbons (Fsp3) is 0.136. The van der Waals surface area contributed by atoms with Crippen LogP contribution < -0.4 is 5.32 Å². The predicted octanol–water partition coefficient (Wildman–Crippen LogP) is 4.50. The van der Waals surface area contributed by atoms with Crippen LogP contribution in [0.15, 0.2) is 60.8 Å². The molecule has 5 nitrogen and oxygen atoms in total. The van der Waals surface area contributed by atoms with Gasteiger partial charge in [-0.25, -0.2) is 4.98 Å². The van der Waals surface area contributed by atoms with Crippen LogP contribution >= 0.6 is 0 Å². The number of nitrogens with one attached hydrogen (secondary N) is 1. The lowest BCUT2D eigenvalue weighted by molar-refractivity contribution is 0.101. The van der Waals surface area contributed by atoms with Crippen LogP contribution in [0.25, 0.3) is 22.2 Å². The summed E-state index contributed by atoms with van der Waals surface area (Å²) in [5.74, 6) is -0.175. The first-order valence-electron chi connectivity index (χ1n) is 8.80. The Bertz CT molecular complexity index is 1160. The summed E-state index contributed by atoms with van der Waals surface area (Å²) in [6, 6.07) is 17.9. The molecule has 0 saturated carbocycles. The number of amides is 1. The first-order valence-corrected chi connectivity index (χ1v) is 8.80. The topological polar surface area (TPSA) is 59.8 Å². The molecule has 2 aromatic heterocycles. The summed E-state index contributed by atoms with van der Waals surface area (Å²) < 4.78 is 1.56. The first kappa shape index (κ1) is 17.0. The van der Waals surface area contributed by atoms with Crippen molar-refractivity contribution in [2.24, 2.45) is 7.05 Å². The standard InChI is InChI=1S/C22H20N4O/c1-14-13-20(24-19-7-5-4-6-17(14)19)16-8-9-18(15(2)12-16)25-22(27)21-10-11-23-26(21)3/h4-13H,1-3H3,(H,25,27). The maximum absolute atomic E-state index is 12.4. The van der Waals surface area contributed by atoms with Gasteiger partial charge >= 0.3 is 0 Å². The highest BCUT2D eigenvalue weighted by Crippen LogP contribution is 2.27. The molecule has 134 valence electrons. The first-order chi connectivity index (χ1) is 13.0. The number of aryl methyl sites for hydroxylation is 3. The minimum Gasteiger partial charge on any atom is -0.320 e. The van der Waals surface area contributed by atoms with Gasteiger partial charge in [-0.3, -0.25) is 9.48 Å². The lowest BCUT2D eigenvalue weighted by Crippen LogP contribution is -2.16. The fourth-order valence-corrected chi connectivity index (χ4v) is 3.24. The average molecular weight is 356 g/mol. The van der Waals surface area contributed by atoms with Gasteiger partial charge in [0, 0.05) is 29.9 Å². The van der Waals surface area contributed by atoms with Crippen molar-refractivity contribution in [2.45, 2.75) is 13.8 Å². The number of carbonyl (C=O) groups excluding carboxylic acids is 1. The van der Waals surface area contributed by atoms with Crippen LogP contribution in [0.5, 0.6) is 0 Å². The van der Waals surface area contributed by atoms with Gasteiger partial charge in [0.2, 0.25) is 0 Å². The molecule has 1 N–H and O–H groups in total. The smallest absolute Gasteiger partial charge is 0.273 e. The van der Waals surface area contributed by atoms with Crippen molar-refractivity contribution in [1.29, 1.82) is 0 Å². The Kier molecular flexibility index (Phi) is 4.20. The van der Waals surface area contributed by atoms with Crippen LogP contribution in [0.1, 0.15) is 21.6 Å². The molecular weight excluding hydrogens is 336 g/mol. The number of benzene rings is 2. The van der Waals surface area contributed by atoms with Gasteiger partial charge in [0.1, 0.15) is 5.69 Å². The molecular formula is C22H20N4O. The fourth-order valence-electron chi connectivity index (χ4n) is 3.24. The quantitative estimate of drug-likeness (QED) is 0.588. The number of carbonyl (C=O) groups is 1. The third kappa shape index (κ3) is 3.19. The van der Waals surface area contributed by atoms with Gasteiger partial charge in [0.05, 0.1) is 11.2 Å². The minimum absolute atomic E-state index is 0.175. The van der Waals surface area contributed by atoms with E-state index >= 15 is 0 Å². The van der Waals surface area contributed by atoms with Crippen LogP contribution in [0.3, 0.4) is 0 Å². The van der Waals surface area contributed by atoms with Crippen LogP contribution in [0, 0.1) is 13.8 Å². The normalized spacial score (nSPS) is 10.9. The van der Waals surface area contributed by atoms with Gasteiger partial charge in [-0.15, -0.1) is 0 Å². The zero-order chi connectivity index (χ0) is 19.0. The minimum atomic E-state index is -0.175. The summed E-state index contributed by atoms with van der Waals surface area (Å²) in [5.41, 5.74) is 6.42. The summed E-state index contributed by atoms with van der Waals surface area (Å²) in [7, 11) is 1.75. The molecule has 0 aliphatic rings. The van der Waals surface area contributed by atoms with E-state index in [0.29, 0.717) is 5.69 Å². The van der Waals surface area contributed by atoms with E-state index < -0.39 is 0 Å². The number of anilines is 1. The van der Waals surface area contributed by atoms with Crippen LogP contribution in [-0.4, -0.2) is 20.7 Å². The number of hydrogen-bond acceptors (Lipinski definition) is 3. The van der Waals surface area contributed by atoms with E-state index in [2.05, 4.69) is 35.5 Å². The zero-order valence-electron chi connectivity index (χ0n) is 15.5. The average Bonchev–Trinajstić information content (AvgIpc) is 3.09. The SMILES string of the molecule is Cc1cc(-c2cc(C)c3ccccc3n2)ccc1NC(=O)c1ccnn1C. The highest BCUT2D eigenvalue weighted by molar-refractivity contribution is 6.03. The number of pyridine rings is 1. The van der Waals surface area contributed by atoms with Crippen molar-refractivity contribution in [3.05, 3.63) is 77.6 Å². The molecule has 0 radical (unpaired) electrons. The molecule has 0 saturated heterocycles. The van der Waals surface area contributed by atoms with Crippen LogP contribution in [-0.2, 0) is 7.05 Å². The summed E-state index contributed by atoms with van der Waals surface area (Å²) in [6.07, 6.45) is 1.61. The molecule has 5 heteroatoms. The van der Waals surface area contributed by atoms with Gasteiger partial charge < -0.3 is 5.32 Å². The molecule has 0 aliphatic carbocycles. The number of aromatic nitrogens is 3. The van der Waals surface area contributed by atoms with E-state index in [1.54, 1.807) is 24.0 Å². The number of nitrogens with zero attached hydrogens (tertiary/aromatic N) is 3. The predicted molar refractivity (Wildman–Crippen MR) is 108 cm³/mol. The number of rotatable bonds is 3. The second-order valence-corrected chi connectivity index (χ2v) is 6.67. The maximum Gasteiger partial charge on any atom is 0.273 e. The van der Waals surface area contributed by atoms with Crippen molar-refractivity contribution >= 4 is 22.5 Å². The molecule has 4 aromatic rings. The molecule has 2 aromatic carbocycles. The maximum atomic E-state index is 12.4. The molecule has 4 rings (SSSR count). The molecule has 0 bridgehead atoms. The monoisotopic (exact) mass is 356 g/mol. The van der Waals surface area contributed by atoms with Crippen molar-refractivity contribution < 1.29 is 4.79 Å².